The van der Waals surface area contributed by atoms with E-state index in [1.54, 1.807) is 0 Å². The fourth-order valence-electron chi connectivity index (χ4n) is 3.20. The smallest absolute Gasteiger partial charge is 0.309 e. The molecule has 2 aliphatic rings. The molecule has 18 heavy (non-hydrogen) atoms. The van der Waals surface area contributed by atoms with Crippen LogP contribution in [0.15, 0.2) is 0 Å². The molecular weight excluding hydrogens is 228 g/mol. The Morgan fingerprint density at radius 2 is 1.78 bits per heavy atom. The number of rotatable bonds is 3. The molecule has 0 aromatic carbocycles. The maximum atomic E-state index is 11.2. The van der Waals surface area contributed by atoms with Gasteiger partial charge in [-0.15, -0.1) is 0 Å². The highest BCUT2D eigenvalue weighted by Gasteiger charge is 2.38. The molecule has 0 aromatic rings. The molecule has 1 N–H and O–H groups in total. The molecule has 0 radical (unpaired) electrons. The highest BCUT2D eigenvalue weighted by Crippen LogP contribution is 2.33. The number of carbonyl (C=O) groups is 1. The highest BCUT2D eigenvalue weighted by molar-refractivity contribution is 5.74. The number of hydrogen-bond acceptors (Lipinski definition) is 3. The van der Waals surface area contributed by atoms with Crippen molar-refractivity contribution in [3.8, 4) is 0 Å². The predicted octanol–water partition coefficient (Wildman–Crippen LogP) is 1.66. The molecule has 0 unspecified atom stereocenters. The van der Waals surface area contributed by atoms with Crippen LogP contribution >= 0.6 is 0 Å². The van der Waals surface area contributed by atoms with Gasteiger partial charge in [-0.2, -0.15) is 0 Å². The number of likely N-dealkylation sites (tertiary alicyclic amines) is 2. The first-order valence-corrected chi connectivity index (χ1v) is 7.25. The Morgan fingerprint density at radius 3 is 2.22 bits per heavy atom. The third-order valence-corrected chi connectivity index (χ3v) is 4.94. The van der Waals surface area contributed by atoms with Crippen LogP contribution < -0.4 is 0 Å². The first-order chi connectivity index (χ1) is 8.55. The van der Waals surface area contributed by atoms with Crippen LogP contribution in [-0.2, 0) is 4.79 Å². The van der Waals surface area contributed by atoms with Gasteiger partial charge in [0.2, 0.25) is 0 Å². The Hall–Kier alpha value is -0.610. The quantitative estimate of drug-likeness (QED) is 0.832. The van der Waals surface area contributed by atoms with Gasteiger partial charge in [-0.3, -0.25) is 4.79 Å². The first-order valence-electron chi connectivity index (χ1n) is 7.25. The molecule has 2 fully saturated rings. The summed E-state index contributed by atoms with van der Waals surface area (Å²) in [7, 11) is 0. The Balaban J connectivity index is 1.82. The fourth-order valence-corrected chi connectivity index (χ4v) is 3.20. The fraction of sp³-hybridized carbons (Fsp3) is 0.929. The zero-order chi connectivity index (χ0) is 13.2. The summed E-state index contributed by atoms with van der Waals surface area (Å²) in [6.45, 7) is 9.59. The maximum absolute atomic E-state index is 11.2. The molecule has 104 valence electrons. The lowest BCUT2D eigenvalue weighted by Gasteiger charge is -2.43. The van der Waals surface area contributed by atoms with E-state index in [4.69, 9.17) is 0 Å². The minimum absolute atomic E-state index is 0.485. The third-order valence-electron chi connectivity index (χ3n) is 4.94. The topological polar surface area (TPSA) is 43.8 Å². The van der Waals surface area contributed by atoms with Gasteiger partial charge in [0.1, 0.15) is 0 Å². The van der Waals surface area contributed by atoms with Crippen molar-refractivity contribution in [1.29, 1.82) is 0 Å². The minimum atomic E-state index is -0.622. The monoisotopic (exact) mass is 254 g/mol. The number of carboxylic acid groups (broad SMARTS) is 1. The van der Waals surface area contributed by atoms with Crippen LogP contribution in [0.4, 0.5) is 0 Å². The molecule has 2 aliphatic heterocycles. The van der Waals surface area contributed by atoms with Crippen molar-refractivity contribution in [3.63, 3.8) is 0 Å². The molecule has 0 saturated carbocycles. The van der Waals surface area contributed by atoms with Gasteiger partial charge in [0.25, 0.3) is 0 Å². The van der Waals surface area contributed by atoms with Crippen molar-refractivity contribution in [2.24, 2.45) is 5.41 Å². The lowest BCUT2D eigenvalue weighted by Crippen LogP contribution is -2.50. The molecule has 2 saturated heterocycles. The van der Waals surface area contributed by atoms with Crippen LogP contribution in [0.3, 0.4) is 0 Å². The van der Waals surface area contributed by atoms with Gasteiger partial charge in [0, 0.05) is 6.04 Å². The van der Waals surface area contributed by atoms with Crippen LogP contribution in [0.2, 0.25) is 0 Å². The Labute approximate surface area is 110 Å². The lowest BCUT2D eigenvalue weighted by atomic mass is 9.80. The van der Waals surface area contributed by atoms with E-state index in [1.165, 1.54) is 25.9 Å². The second-order valence-corrected chi connectivity index (χ2v) is 6.07. The summed E-state index contributed by atoms with van der Waals surface area (Å²) in [5.74, 6) is -0.622. The van der Waals surface area contributed by atoms with E-state index in [0.29, 0.717) is 6.04 Å². The average Bonchev–Trinajstić information content (AvgIpc) is 2.40. The van der Waals surface area contributed by atoms with Gasteiger partial charge < -0.3 is 14.9 Å². The lowest BCUT2D eigenvalue weighted by molar-refractivity contribution is -0.151. The SMILES string of the molecule is CCN1CCC(N2CCC(C)(C(=O)O)CC2)CC1. The maximum Gasteiger partial charge on any atom is 0.309 e. The van der Waals surface area contributed by atoms with Gasteiger partial charge in [0.15, 0.2) is 0 Å². The van der Waals surface area contributed by atoms with E-state index < -0.39 is 11.4 Å². The van der Waals surface area contributed by atoms with E-state index in [2.05, 4.69) is 16.7 Å². The highest BCUT2D eigenvalue weighted by atomic mass is 16.4. The van der Waals surface area contributed by atoms with Crippen LogP contribution in [0, 0.1) is 5.41 Å². The summed E-state index contributed by atoms with van der Waals surface area (Å²) in [5, 5.41) is 9.24. The van der Waals surface area contributed by atoms with Gasteiger partial charge in [-0.1, -0.05) is 6.92 Å². The minimum Gasteiger partial charge on any atom is -0.481 e. The van der Waals surface area contributed by atoms with E-state index in [-0.39, 0.29) is 0 Å². The normalized spacial score (nSPS) is 27.2. The first kappa shape index (κ1) is 13.8. The van der Waals surface area contributed by atoms with Crippen molar-refractivity contribution in [3.05, 3.63) is 0 Å². The molecule has 0 spiro atoms. The molecule has 0 bridgehead atoms. The van der Waals surface area contributed by atoms with Crippen LogP contribution in [0.5, 0.6) is 0 Å². The molecule has 0 aliphatic carbocycles. The summed E-state index contributed by atoms with van der Waals surface area (Å²) < 4.78 is 0. The summed E-state index contributed by atoms with van der Waals surface area (Å²) >= 11 is 0. The second kappa shape index (κ2) is 5.57. The summed E-state index contributed by atoms with van der Waals surface area (Å²) in [4.78, 5) is 16.2. The molecule has 4 nitrogen and oxygen atoms in total. The molecule has 0 amide bonds. The molecule has 0 aromatic heterocycles. The van der Waals surface area contributed by atoms with Gasteiger partial charge in [-0.25, -0.2) is 0 Å². The Morgan fingerprint density at radius 1 is 1.22 bits per heavy atom. The number of piperidine rings is 2. The molecule has 4 heteroatoms. The largest absolute Gasteiger partial charge is 0.481 e. The summed E-state index contributed by atoms with van der Waals surface area (Å²) in [6.07, 6.45) is 4.10. The predicted molar refractivity (Wildman–Crippen MR) is 71.7 cm³/mol. The number of carboxylic acids is 1. The van der Waals surface area contributed by atoms with E-state index in [0.717, 1.165) is 32.5 Å². The summed E-state index contributed by atoms with van der Waals surface area (Å²) in [6, 6.07) is 0.686. The Bertz CT molecular complexity index is 290. The molecule has 2 rings (SSSR count). The Kier molecular flexibility index (Phi) is 4.28. The third kappa shape index (κ3) is 2.86. The van der Waals surface area contributed by atoms with Crippen molar-refractivity contribution < 1.29 is 9.90 Å². The van der Waals surface area contributed by atoms with Crippen molar-refractivity contribution in [1.82, 2.24) is 9.80 Å². The second-order valence-electron chi connectivity index (χ2n) is 6.07. The van der Waals surface area contributed by atoms with Crippen LogP contribution in [0.1, 0.15) is 39.5 Å². The number of aliphatic carboxylic acids is 1. The van der Waals surface area contributed by atoms with Crippen LogP contribution in [0.25, 0.3) is 0 Å². The molecule has 0 atom stereocenters. The van der Waals surface area contributed by atoms with Crippen LogP contribution in [-0.4, -0.2) is 59.6 Å². The average molecular weight is 254 g/mol. The van der Waals surface area contributed by atoms with Gasteiger partial charge >= 0.3 is 5.97 Å². The van der Waals surface area contributed by atoms with E-state index in [9.17, 15) is 9.90 Å². The summed E-state index contributed by atoms with van der Waals surface area (Å²) in [5.41, 5.74) is -0.485. The van der Waals surface area contributed by atoms with Crippen molar-refractivity contribution in [2.45, 2.75) is 45.6 Å². The van der Waals surface area contributed by atoms with Crippen molar-refractivity contribution >= 4 is 5.97 Å². The van der Waals surface area contributed by atoms with Gasteiger partial charge in [0.05, 0.1) is 5.41 Å². The molecular formula is C14H26N2O2. The molecule has 2 heterocycles. The number of hydrogen-bond donors (Lipinski definition) is 1. The van der Waals surface area contributed by atoms with Gasteiger partial charge in [-0.05, 0) is 65.3 Å². The van der Waals surface area contributed by atoms with E-state index in [1.807, 2.05) is 6.92 Å². The van der Waals surface area contributed by atoms with Crippen molar-refractivity contribution in [2.75, 3.05) is 32.7 Å². The zero-order valence-electron chi connectivity index (χ0n) is 11.7. The standard InChI is InChI=1S/C14H26N2O2/c1-3-15-8-4-12(5-9-15)16-10-6-14(2,7-11-16)13(17)18/h12H,3-11H2,1-2H3,(H,17,18). The number of nitrogens with zero attached hydrogens (tertiary/aromatic N) is 2. The zero-order valence-corrected chi connectivity index (χ0v) is 11.7. The van der Waals surface area contributed by atoms with E-state index >= 15 is 0 Å².